The van der Waals surface area contributed by atoms with Gasteiger partial charge in [0.25, 0.3) is 0 Å². The topological polar surface area (TPSA) is 38.9 Å². The SMILES string of the molecule is CC[C@H](N)c1ccnc(Br)c1Br. The lowest BCUT2D eigenvalue weighted by atomic mass is 10.1. The van der Waals surface area contributed by atoms with Crippen molar-refractivity contribution in [3.8, 4) is 0 Å². The molecule has 2 nitrogen and oxygen atoms in total. The Morgan fingerprint density at radius 2 is 2.25 bits per heavy atom. The van der Waals surface area contributed by atoms with Gasteiger partial charge in [-0.2, -0.15) is 0 Å². The van der Waals surface area contributed by atoms with E-state index in [0.717, 1.165) is 21.1 Å². The predicted octanol–water partition coefficient (Wildman–Crippen LogP) is 3.02. The third-order valence-corrected chi connectivity index (χ3v) is 3.68. The molecule has 0 aliphatic rings. The van der Waals surface area contributed by atoms with E-state index in [1.807, 2.05) is 6.07 Å². The van der Waals surface area contributed by atoms with Crippen LogP contribution in [0.4, 0.5) is 0 Å². The van der Waals surface area contributed by atoms with Gasteiger partial charge in [-0.05, 0) is 49.9 Å². The fraction of sp³-hybridized carbons (Fsp3) is 0.375. The predicted molar refractivity (Wildman–Crippen MR) is 56.9 cm³/mol. The highest BCUT2D eigenvalue weighted by atomic mass is 79.9. The Morgan fingerprint density at radius 3 is 2.83 bits per heavy atom. The highest BCUT2D eigenvalue weighted by Crippen LogP contribution is 2.28. The number of hydrogen-bond acceptors (Lipinski definition) is 2. The molecule has 66 valence electrons. The Labute approximate surface area is 88.8 Å². The molecule has 0 fully saturated rings. The van der Waals surface area contributed by atoms with Crippen LogP contribution in [-0.4, -0.2) is 4.98 Å². The molecule has 0 radical (unpaired) electrons. The maximum absolute atomic E-state index is 5.89. The Bertz CT molecular complexity index is 276. The van der Waals surface area contributed by atoms with Crippen LogP contribution in [0, 0.1) is 0 Å². The molecule has 0 saturated heterocycles. The summed E-state index contributed by atoms with van der Waals surface area (Å²) in [6, 6.07) is 2.02. The van der Waals surface area contributed by atoms with Gasteiger partial charge in [0, 0.05) is 12.2 Å². The summed E-state index contributed by atoms with van der Waals surface area (Å²) in [6.07, 6.45) is 2.68. The first-order valence-corrected chi connectivity index (χ1v) is 5.31. The second kappa shape index (κ2) is 4.35. The maximum atomic E-state index is 5.89. The van der Waals surface area contributed by atoms with Crippen LogP contribution in [0.2, 0.25) is 0 Å². The molecule has 0 saturated carbocycles. The minimum absolute atomic E-state index is 0.0821. The highest BCUT2D eigenvalue weighted by Gasteiger charge is 2.09. The van der Waals surface area contributed by atoms with Crippen molar-refractivity contribution in [2.24, 2.45) is 5.73 Å². The molecule has 0 bridgehead atoms. The van der Waals surface area contributed by atoms with Crippen LogP contribution < -0.4 is 5.73 Å². The minimum Gasteiger partial charge on any atom is -0.324 e. The van der Waals surface area contributed by atoms with E-state index in [2.05, 4.69) is 43.8 Å². The number of nitrogens with two attached hydrogens (primary N) is 1. The van der Waals surface area contributed by atoms with Gasteiger partial charge in [-0.1, -0.05) is 6.92 Å². The number of nitrogens with zero attached hydrogens (tertiary/aromatic N) is 1. The number of hydrogen-bond donors (Lipinski definition) is 1. The van der Waals surface area contributed by atoms with Crippen LogP contribution in [0.15, 0.2) is 21.3 Å². The van der Waals surface area contributed by atoms with E-state index in [1.54, 1.807) is 6.20 Å². The first-order chi connectivity index (χ1) is 5.66. The van der Waals surface area contributed by atoms with Gasteiger partial charge >= 0.3 is 0 Å². The van der Waals surface area contributed by atoms with Gasteiger partial charge in [0.1, 0.15) is 4.60 Å². The average Bonchev–Trinajstić information content (AvgIpc) is 2.08. The van der Waals surface area contributed by atoms with Crippen molar-refractivity contribution in [3.63, 3.8) is 0 Å². The van der Waals surface area contributed by atoms with Crippen LogP contribution in [0.3, 0.4) is 0 Å². The molecule has 0 aliphatic carbocycles. The first-order valence-electron chi connectivity index (χ1n) is 3.72. The molecule has 0 unspecified atom stereocenters. The summed E-state index contributed by atoms with van der Waals surface area (Å²) in [4.78, 5) is 4.07. The van der Waals surface area contributed by atoms with Gasteiger partial charge in [-0.3, -0.25) is 0 Å². The average molecular weight is 294 g/mol. The molecule has 12 heavy (non-hydrogen) atoms. The van der Waals surface area contributed by atoms with Crippen molar-refractivity contribution in [3.05, 3.63) is 26.9 Å². The summed E-state index contributed by atoms with van der Waals surface area (Å²) >= 11 is 6.76. The molecule has 0 aliphatic heterocycles. The van der Waals surface area contributed by atoms with Gasteiger partial charge in [-0.15, -0.1) is 0 Å². The van der Waals surface area contributed by atoms with Crippen molar-refractivity contribution in [1.82, 2.24) is 4.98 Å². The molecule has 1 rings (SSSR count). The smallest absolute Gasteiger partial charge is 0.120 e. The molecule has 1 heterocycles. The van der Waals surface area contributed by atoms with Gasteiger partial charge in [-0.25, -0.2) is 4.98 Å². The zero-order valence-electron chi connectivity index (χ0n) is 6.72. The quantitative estimate of drug-likeness (QED) is 0.852. The fourth-order valence-corrected chi connectivity index (χ4v) is 1.81. The highest BCUT2D eigenvalue weighted by molar-refractivity contribution is 9.13. The number of aromatic nitrogens is 1. The number of rotatable bonds is 2. The van der Waals surface area contributed by atoms with E-state index >= 15 is 0 Å². The lowest BCUT2D eigenvalue weighted by Crippen LogP contribution is -2.09. The fourth-order valence-electron chi connectivity index (χ4n) is 0.938. The van der Waals surface area contributed by atoms with Gasteiger partial charge < -0.3 is 5.73 Å². The Morgan fingerprint density at radius 1 is 1.58 bits per heavy atom. The van der Waals surface area contributed by atoms with Crippen LogP contribution in [0.25, 0.3) is 0 Å². The number of pyridine rings is 1. The van der Waals surface area contributed by atoms with Gasteiger partial charge in [0.2, 0.25) is 0 Å². The third-order valence-electron chi connectivity index (χ3n) is 1.72. The third kappa shape index (κ3) is 2.06. The zero-order chi connectivity index (χ0) is 9.14. The van der Waals surface area contributed by atoms with Crippen molar-refractivity contribution in [2.45, 2.75) is 19.4 Å². The van der Waals surface area contributed by atoms with E-state index in [1.165, 1.54) is 0 Å². The van der Waals surface area contributed by atoms with E-state index in [4.69, 9.17) is 5.73 Å². The van der Waals surface area contributed by atoms with Crippen molar-refractivity contribution < 1.29 is 0 Å². The van der Waals surface area contributed by atoms with Crippen molar-refractivity contribution >= 4 is 31.9 Å². The lowest BCUT2D eigenvalue weighted by molar-refractivity contribution is 0.693. The van der Waals surface area contributed by atoms with Gasteiger partial charge in [0.05, 0.1) is 4.47 Å². The second-order valence-electron chi connectivity index (χ2n) is 2.52. The molecule has 0 amide bonds. The van der Waals surface area contributed by atoms with Crippen LogP contribution in [-0.2, 0) is 0 Å². The Balaban J connectivity index is 3.07. The van der Waals surface area contributed by atoms with Crippen LogP contribution in [0.1, 0.15) is 24.9 Å². The maximum Gasteiger partial charge on any atom is 0.120 e. The summed E-state index contributed by atoms with van der Waals surface area (Å²) in [7, 11) is 0. The molecular formula is C8H10Br2N2. The van der Waals surface area contributed by atoms with E-state index < -0.39 is 0 Å². The molecule has 1 aromatic rings. The minimum atomic E-state index is 0.0821. The van der Waals surface area contributed by atoms with Crippen LogP contribution >= 0.6 is 31.9 Å². The van der Waals surface area contributed by atoms with E-state index in [0.29, 0.717) is 0 Å². The lowest BCUT2D eigenvalue weighted by Gasteiger charge is -2.11. The molecule has 1 atom stereocenters. The van der Waals surface area contributed by atoms with Crippen LogP contribution in [0.5, 0.6) is 0 Å². The van der Waals surface area contributed by atoms with E-state index in [9.17, 15) is 0 Å². The Hall–Kier alpha value is 0.0700. The summed E-state index contributed by atoms with van der Waals surface area (Å²) in [5, 5.41) is 0. The molecule has 0 aromatic carbocycles. The number of halogens is 2. The zero-order valence-corrected chi connectivity index (χ0v) is 9.89. The molecular weight excluding hydrogens is 284 g/mol. The monoisotopic (exact) mass is 292 g/mol. The Kier molecular flexibility index (Phi) is 3.68. The molecule has 2 N–H and O–H groups in total. The summed E-state index contributed by atoms with van der Waals surface area (Å²) in [6.45, 7) is 2.06. The second-order valence-corrected chi connectivity index (χ2v) is 4.06. The summed E-state index contributed by atoms with van der Waals surface area (Å²) in [5.41, 5.74) is 6.98. The summed E-state index contributed by atoms with van der Waals surface area (Å²) < 4.78 is 1.77. The van der Waals surface area contributed by atoms with Crippen molar-refractivity contribution in [2.75, 3.05) is 0 Å². The molecule has 0 spiro atoms. The largest absolute Gasteiger partial charge is 0.324 e. The molecule has 1 aromatic heterocycles. The standard InChI is InChI=1S/C8H10Br2N2/c1-2-6(11)5-3-4-12-8(10)7(5)9/h3-4,6H,2,11H2,1H3/t6-/m0/s1. The van der Waals surface area contributed by atoms with Crippen molar-refractivity contribution in [1.29, 1.82) is 0 Å². The summed E-state index contributed by atoms with van der Waals surface area (Å²) in [5.74, 6) is 0. The normalized spacial score (nSPS) is 13.0. The van der Waals surface area contributed by atoms with Gasteiger partial charge in [0.15, 0.2) is 0 Å². The molecule has 4 heteroatoms. The first kappa shape index (κ1) is 10.2. The van der Waals surface area contributed by atoms with E-state index in [-0.39, 0.29) is 6.04 Å².